The van der Waals surface area contributed by atoms with Crippen molar-refractivity contribution in [2.24, 2.45) is 0 Å². The largest absolute Gasteiger partial charge is 0.462 e. The van der Waals surface area contributed by atoms with Crippen molar-refractivity contribution in [3.8, 4) is 16.5 Å². The maximum absolute atomic E-state index is 14.0. The Hall–Kier alpha value is -4.02. The lowest BCUT2D eigenvalue weighted by Crippen LogP contribution is -2.37. The predicted octanol–water partition coefficient (Wildman–Crippen LogP) is 8.91. The second-order valence-corrected chi connectivity index (χ2v) is 12.9. The van der Waals surface area contributed by atoms with E-state index in [1.54, 1.807) is 13.0 Å². The Morgan fingerprint density at radius 3 is 2.13 bits per heavy atom. The van der Waals surface area contributed by atoms with Crippen LogP contribution in [-0.2, 0) is 38.6 Å². The number of Topliss-reactive ketones (excluding diaryl/α,β-unsaturated/α-hetero) is 1. The Labute approximate surface area is 271 Å². The Kier molecular flexibility index (Phi) is 10.4. The highest BCUT2D eigenvalue weighted by Crippen LogP contribution is 2.44. The minimum Gasteiger partial charge on any atom is -0.462 e. The van der Waals surface area contributed by atoms with E-state index in [4.69, 9.17) is 4.74 Å². The van der Waals surface area contributed by atoms with Gasteiger partial charge in [-0.3, -0.25) is 9.59 Å². The summed E-state index contributed by atoms with van der Waals surface area (Å²) in [5, 5.41) is 13.2. The third kappa shape index (κ3) is 8.11. The quantitative estimate of drug-likeness (QED) is 0.180. The van der Waals surface area contributed by atoms with Crippen LogP contribution in [0.4, 0.5) is 30.7 Å². The molecule has 1 aliphatic carbocycles. The molecule has 0 spiro atoms. The molecule has 0 fully saturated rings. The van der Waals surface area contributed by atoms with Crippen LogP contribution >= 0.6 is 11.3 Å². The maximum atomic E-state index is 14.0. The first-order valence-corrected chi connectivity index (χ1v) is 15.4. The number of esters is 1. The van der Waals surface area contributed by atoms with Gasteiger partial charge in [0, 0.05) is 40.6 Å². The van der Waals surface area contributed by atoms with Crippen LogP contribution < -0.4 is 5.32 Å². The lowest BCUT2D eigenvalue weighted by Gasteiger charge is -2.26. The molecule has 0 aliphatic heterocycles. The molecule has 0 amide bonds. The van der Waals surface area contributed by atoms with Crippen LogP contribution in [0.3, 0.4) is 0 Å². The highest BCUT2D eigenvalue weighted by atomic mass is 32.1. The summed E-state index contributed by atoms with van der Waals surface area (Å²) in [5.74, 6) is -1.52. The van der Waals surface area contributed by atoms with Gasteiger partial charge in [-0.25, -0.2) is 4.39 Å². The van der Waals surface area contributed by atoms with Crippen LogP contribution in [0.2, 0.25) is 0 Å². The molecule has 1 aliphatic rings. The molecular weight excluding hydrogens is 649 g/mol. The molecule has 1 heterocycles. The van der Waals surface area contributed by atoms with Crippen molar-refractivity contribution in [2.75, 3.05) is 6.54 Å². The van der Waals surface area contributed by atoms with Gasteiger partial charge in [0.2, 0.25) is 0 Å². The number of halogens is 7. The lowest BCUT2D eigenvalue weighted by atomic mass is 9.79. The molecule has 0 saturated carbocycles. The fourth-order valence-corrected chi connectivity index (χ4v) is 6.86. The van der Waals surface area contributed by atoms with Crippen molar-refractivity contribution in [1.82, 2.24) is 5.32 Å². The van der Waals surface area contributed by atoms with Crippen molar-refractivity contribution in [1.29, 1.82) is 5.26 Å². The van der Waals surface area contributed by atoms with Crippen LogP contribution in [0.5, 0.6) is 0 Å². The van der Waals surface area contributed by atoms with Crippen LogP contribution in [-0.4, -0.2) is 24.4 Å². The topological polar surface area (TPSA) is 79.2 Å². The van der Waals surface area contributed by atoms with Gasteiger partial charge in [0.05, 0.1) is 23.2 Å². The number of alkyl halides is 6. The number of allylic oxidation sites excluding steroid dienone is 1. The molecule has 2 aromatic carbocycles. The monoisotopic (exact) mass is 680 g/mol. The van der Waals surface area contributed by atoms with E-state index < -0.39 is 58.6 Å². The zero-order chi connectivity index (χ0) is 34.9. The number of nitriles is 1. The number of carbonyl (C=O) groups excluding carboxylic acids is 2. The highest BCUT2D eigenvalue weighted by Gasteiger charge is 2.40. The van der Waals surface area contributed by atoms with Gasteiger partial charge in [-0.15, -0.1) is 11.3 Å². The van der Waals surface area contributed by atoms with E-state index in [-0.39, 0.29) is 18.7 Å². The van der Waals surface area contributed by atoms with Crippen LogP contribution in [0.15, 0.2) is 42.5 Å². The molecule has 1 N–H and O–H groups in total. The van der Waals surface area contributed by atoms with Gasteiger partial charge in [-0.1, -0.05) is 12.1 Å². The summed E-state index contributed by atoms with van der Waals surface area (Å²) in [6, 6.07) is 7.55. The molecule has 5 nitrogen and oxygen atoms in total. The highest BCUT2D eigenvalue weighted by molar-refractivity contribution is 7.17. The van der Waals surface area contributed by atoms with Crippen LogP contribution in [0.25, 0.3) is 16.0 Å². The van der Waals surface area contributed by atoms with Gasteiger partial charge in [0.15, 0.2) is 5.78 Å². The van der Waals surface area contributed by atoms with E-state index in [0.717, 1.165) is 5.57 Å². The van der Waals surface area contributed by atoms with Gasteiger partial charge in [-0.05, 0) is 86.2 Å². The van der Waals surface area contributed by atoms with E-state index in [1.165, 1.54) is 44.2 Å². The van der Waals surface area contributed by atoms with Crippen molar-refractivity contribution >= 4 is 28.7 Å². The maximum Gasteiger partial charge on any atom is 0.416 e. The van der Waals surface area contributed by atoms with E-state index in [1.807, 2.05) is 6.08 Å². The smallest absolute Gasteiger partial charge is 0.416 e. The van der Waals surface area contributed by atoms with Gasteiger partial charge in [0.25, 0.3) is 0 Å². The fourth-order valence-electron chi connectivity index (χ4n) is 5.43. The Bertz CT molecular complexity index is 1730. The minimum atomic E-state index is -5.07. The zero-order valence-corrected chi connectivity index (χ0v) is 26.7. The number of rotatable bonds is 9. The van der Waals surface area contributed by atoms with E-state index in [0.29, 0.717) is 63.4 Å². The third-order valence-corrected chi connectivity index (χ3v) is 9.47. The Balaban J connectivity index is 1.66. The summed E-state index contributed by atoms with van der Waals surface area (Å²) in [6.45, 7) is 5.06. The zero-order valence-electron chi connectivity index (χ0n) is 25.9. The molecular formula is C34H31F7N2O3S. The Morgan fingerprint density at radius 1 is 1.00 bits per heavy atom. The molecule has 13 heteroatoms. The number of nitrogens with zero attached hydrogens (tertiary/aromatic N) is 1. The molecule has 250 valence electrons. The van der Waals surface area contributed by atoms with Crippen molar-refractivity contribution < 1.29 is 45.1 Å². The molecule has 1 aromatic heterocycles. The van der Waals surface area contributed by atoms with Gasteiger partial charge >= 0.3 is 18.3 Å². The average Bonchev–Trinajstić information content (AvgIpc) is 3.34. The SMILES string of the molecule is CC(=O)OC1CC=C(c2sc(-c3ccc(F)cc3C)c(CNCC(=O)C(C)(C)c3cc(C(F)(F)F)cc(C(F)(F)F)c3)c2C#N)CC1. The molecule has 1 atom stereocenters. The normalized spacial score (nSPS) is 15.6. The van der Waals surface area contributed by atoms with E-state index in [2.05, 4.69) is 11.4 Å². The average molecular weight is 681 g/mol. The van der Waals surface area contributed by atoms with E-state index >= 15 is 0 Å². The second-order valence-electron chi connectivity index (χ2n) is 11.9. The summed E-state index contributed by atoms with van der Waals surface area (Å²) in [4.78, 5) is 26.1. The number of ketones is 1. The van der Waals surface area contributed by atoms with Crippen LogP contribution in [0, 0.1) is 24.1 Å². The van der Waals surface area contributed by atoms with Gasteiger partial charge in [-0.2, -0.15) is 31.6 Å². The Morgan fingerprint density at radius 2 is 1.62 bits per heavy atom. The lowest BCUT2D eigenvalue weighted by molar-refractivity contribution is -0.146. The number of nitrogens with one attached hydrogen (secondary N) is 1. The third-order valence-electron chi connectivity index (χ3n) is 8.13. The van der Waals surface area contributed by atoms with Crippen LogP contribution in [0.1, 0.15) is 78.3 Å². The number of thiophene rings is 1. The summed E-state index contributed by atoms with van der Waals surface area (Å²) in [6.07, 6.45) is -7.01. The first-order chi connectivity index (χ1) is 21.8. The molecule has 1 unspecified atom stereocenters. The summed E-state index contributed by atoms with van der Waals surface area (Å²) < 4.78 is 100. The molecule has 0 bridgehead atoms. The van der Waals surface area contributed by atoms with Gasteiger partial charge in [0.1, 0.15) is 18.0 Å². The standard InChI is InChI=1S/C34H31F7N2O3S/c1-18-11-24(35)7-10-26(18)31-28(27(15-42)30(47-31)20-5-8-25(9-6-20)46-19(2)44)16-43-17-29(45)32(3,4)21-12-22(33(36,37)38)14-23(13-21)34(39,40)41/h5,7,10-14,25,43H,6,8-9,16-17H2,1-4H3. The van der Waals surface area contributed by atoms with Crippen molar-refractivity contribution in [2.45, 2.75) is 77.4 Å². The van der Waals surface area contributed by atoms with Gasteiger partial charge < -0.3 is 10.1 Å². The molecule has 3 aromatic rings. The summed E-state index contributed by atoms with van der Waals surface area (Å²) >= 11 is 1.32. The summed E-state index contributed by atoms with van der Waals surface area (Å²) in [7, 11) is 0. The minimum absolute atomic E-state index is 0.0110. The van der Waals surface area contributed by atoms with Crippen molar-refractivity contribution in [3.63, 3.8) is 0 Å². The number of benzene rings is 2. The number of hydrogen-bond acceptors (Lipinski definition) is 6. The second kappa shape index (κ2) is 13.6. The van der Waals surface area contributed by atoms with E-state index in [9.17, 15) is 45.6 Å². The number of ether oxygens (including phenoxy) is 1. The molecule has 47 heavy (non-hydrogen) atoms. The summed E-state index contributed by atoms with van der Waals surface area (Å²) in [5.41, 5.74) is -2.28. The van der Waals surface area contributed by atoms with Crippen molar-refractivity contribution in [3.05, 3.63) is 86.5 Å². The molecule has 0 radical (unpaired) electrons. The predicted molar refractivity (Wildman–Crippen MR) is 163 cm³/mol. The first kappa shape index (κ1) is 35.8. The molecule has 4 rings (SSSR count). The fraction of sp³-hybridized carbons (Fsp3) is 0.382. The molecule has 0 saturated heterocycles. The number of aryl methyl sites for hydroxylation is 1. The first-order valence-electron chi connectivity index (χ1n) is 14.6. The number of hydrogen-bond donors (Lipinski definition) is 1. The number of carbonyl (C=O) groups is 2.